The topological polar surface area (TPSA) is 68.0 Å². The predicted molar refractivity (Wildman–Crippen MR) is 94.8 cm³/mol. The monoisotopic (exact) mass is 347 g/mol. The van der Waals surface area contributed by atoms with Crippen LogP contribution in [0.4, 0.5) is 0 Å². The minimum atomic E-state index is -0.174. The highest BCUT2D eigenvalue weighted by Gasteiger charge is 2.21. The Morgan fingerprint density at radius 1 is 1.29 bits per heavy atom. The van der Waals surface area contributed by atoms with Gasteiger partial charge in [0.05, 0.1) is 0 Å². The molecule has 0 unspecified atom stereocenters. The Morgan fingerprint density at radius 2 is 1.96 bits per heavy atom. The van der Waals surface area contributed by atoms with Gasteiger partial charge in [-0.1, -0.05) is 49.7 Å². The molecule has 1 heterocycles. The first-order valence-corrected chi connectivity index (χ1v) is 8.18. The van der Waals surface area contributed by atoms with E-state index in [9.17, 15) is 4.79 Å². The summed E-state index contributed by atoms with van der Waals surface area (Å²) in [6, 6.07) is 7.32. The second-order valence-electron chi connectivity index (χ2n) is 6.65. The van der Waals surface area contributed by atoms with Gasteiger partial charge in [0.25, 0.3) is 0 Å². The molecule has 0 bridgehead atoms. The molecule has 0 saturated heterocycles. The van der Waals surface area contributed by atoms with E-state index in [-0.39, 0.29) is 11.3 Å². The van der Waals surface area contributed by atoms with Gasteiger partial charge in [-0.3, -0.25) is 4.79 Å². The van der Waals surface area contributed by atoms with Crippen molar-refractivity contribution in [3.8, 4) is 0 Å². The molecule has 0 radical (unpaired) electrons. The van der Waals surface area contributed by atoms with Gasteiger partial charge < -0.3 is 9.84 Å². The average Bonchev–Trinajstić information content (AvgIpc) is 2.98. The van der Waals surface area contributed by atoms with Crippen molar-refractivity contribution in [1.29, 1.82) is 0 Å². The van der Waals surface area contributed by atoms with Crippen LogP contribution >= 0.6 is 11.6 Å². The van der Waals surface area contributed by atoms with E-state index in [0.717, 1.165) is 5.56 Å². The first-order valence-electron chi connectivity index (χ1n) is 7.81. The molecule has 1 aromatic carbocycles. The number of nitrogens with one attached hydrogen (secondary N) is 1. The maximum Gasteiger partial charge on any atom is 0.246 e. The second-order valence-corrected chi connectivity index (χ2v) is 7.09. The smallest absolute Gasteiger partial charge is 0.246 e. The molecule has 6 heteroatoms. The van der Waals surface area contributed by atoms with E-state index >= 15 is 0 Å². The summed E-state index contributed by atoms with van der Waals surface area (Å²) in [5.74, 6) is 1.08. The molecule has 0 aliphatic carbocycles. The van der Waals surface area contributed by atoms with E-state index in [1.54, 1.807) is 19.1 Å². The zero-order valence-corrected chi connectivity index (χ0v) is 15.1. The lowest BCUT2D eigenvalue weighted by atomic mass is 9.97. The van der Waals surface area contributed by atoms with Crippen molar-refractivity contribution in [2.75, 3.05) is 6.54 Å². The number of aromatic nitrogens is 2. The van der Waals surface area contributed by atoms with Crippen molar-refractivity contribution >= 4 is 23.6 Å². The lowest BCUT2D eigenvalue weighted by Crippen LogP contribution is -2.26. The Morgan fingerprint density at radius 3 is 2.54 bits per heavy atom. The van der Waals surface area contributed by atoms with Crippen molar-refractivity contribution < 1.29 is 9.32 Å². The normalized spacial score (nSPS) is 12.3. The minimum Gasteiger partial charge on any atom is -0.352 e. The van der Waals surface area contributed by atoms with Crippen LogP contribution < -0.4 is 5.32 Å². The predicted octanol–water partition coefficient (Wildman–Crippen LogP) is 3.78. The van der Waals surface area contributed by atoms with Gasteiger partial charge in [-0.25, -0.2) is 0 Å². The molecule has 1 N–H and O–H groups in total. The number of amides is 1. The zero-order valence-electron chi connectivity index (χ0n) is 14.4. The van der Waals surface area contributed by atoms with Crippen molar-refractivity contribution in [1.82, 2.24) is 15.5 Å². The Balaban J connectivity index is 1.86. The molecule has 0 saturated carbocycles. The molecule has 24 heavy (non-hydrogen) atoms. The van der Waals surface area contributed by atoms with Crippen LogP contribution in [-0.2, 0) is 16.6 Å². The first kappa shape index (κ1) is 18.2. The van der Waals surface area contributed by atoms with Gasteiger partial charge in [0, 0.05) is 29.0 Å². The van der Waals surface area contributed by atoms with E-state index in [1.807, 2.05) is 39.0 Å². The number of carbonyl (C=O) groups excluding carboxylic acids is 1. The second kappa shape index (κ2) is 7.62. The number of carbonyl (C=O) groups is 1. The van der Waals surface area contributed by atoms with E-state index in [0.29, 0.717) is 35.3 Å². The van der Waals surface area contributed by atoms with E-state index < -0.39 is 0 Å². The summed E-state index contributed by atoms with van der Waals surface area (Å²) < 4.78 is 5.23. The number of halogens is 1. The summed E-state index contributed by atoms with van der Waals surface area (Å²) in [5, 5.41) is 7.46. The molecular formula is C18H22ClN3O2. The highest BCUT2D eigenvalue weighted by Crippen LogP contribution is 2.19. The van der Waals surface area contributed by atoms with Gasteiger partial charge in [-0.2, -0.15) is 4.98 Å². The fourth-order valence-corrected chi connectivity index (χ4v) is 2.09. The summed E-state index contributed by atoms with van der Waals surface area (Å²) in [4.78, 5) is 16.4. The molecular weight excluding hydrogens is 326 g/mol. The Labute approximate surface area is 147 Å². The third-order valence-corrected chi connectivity index (χ3v) is 3.61. The van der Waals surface area contributed by atoms with Gasteiger partial charge in [0.2, 0.25) is 11.8 Å². The molecule has 2 rings (SSSR count). The standard InChI is InChI=1S/C18H22ClN3O2/c1-12(11-13-5-7-14(19)8-6-13)16(23)20-10-9-15-21-17(24-22-15)18(2,3)4/h5-8,11H,9-10H2,1-4H3,(H,20,23)/b12-11+. The molecule has 128 valence electrons. The van der Waals surface area contributed by atoms with Crippen molar-refractivity contribution in [3.63, 3.8) is 0 Å². The summed E-state index contributed by atoms with van der Waals surface area (Å²) in [7, 11) is 0. The number of nitrogens with zero attached hydrogens (tertiary/aromatic N) is 2. The summed E-state index contributed by atoms with van der Waals surface area (Å²) in [6.45, 7) is 8.26. The largest absolute Gasteiger partial charge is 0.352 e. The zero-order chi connectivity index (χ0) is 17.7. The Hall–Kier alpha value is -2.14. The van der Waals surface area contributed by atoms with Crippen LogP contribution in [0.25, 0.3) is 6.08 Å². The van der Waals surface area contributed by atoms with Gasteiger partial charge in [-0.15, -0.1) is 0 Å². The number of hydrogen-bond donors (Lipinski definition) is 1. The molecule has 0 spiro atoms. The summed E-state index contributed by atoms with van der Waals surface area (Å²) in [6.07, 6.45) is 2.34. The summed E-state index contributed by atoms with van der Waals surface area (Å²) in [5.41, 5.74) is 1.38. The third kappa shape index (κ3) is 5.20. The fraction of sp³-hybridized carbons (Fsp3) is 0.389. The molecule has 2 aromatic rings. The quantitative estimate of drug-likeness (QED) is 0.836. The molecule has 0 atom stereocenters. The third-order valence-electron chi connectivity index (χ3n) is 3.36. The molecule has 0 aliphatic rings. The maximum atomic E-state index is 12.1. The van der Waals surface area contributed by atoms with Crippen LogP contribution in [0.2, 0.25) is 5.02 Å². The van der Waals surface area contributed by atoms with Crippen LogP contribution in [0.3, 0.4) is 0 Å². The maximum absolute atomic E-state index is 12.1. The lowest BCUT2D eigenvalue weighted by molar-refractivity contribution is -0.117. The fourth-order valence-electron chi connectivity index (χ4n) is 1.96. The van der Waals surface area contributed by atoms with Gasteiger partial charge in [0.15, 0.2) is 5.82 Å². The SMILES string of the molecule is C/C(=C\c1ccc(Cl)cc1)C(=O)NCCc1noc(C(C)(C)C)n1. The van der Waals surface area contributed by atoms with Crippen LogP contribution in [0.1, 0.15) is 45.0 Å². The molecule has 0 fully saturated rings. The van der Waals surface area contributed by atoms with E-state index in [4.69, 9.17) is 16.1 Å². The van der Waals surface area contributed by atoms with E-state index in [2.05, 4.69) is 15.5 Å². The molecule has 1 aromatic heterocycles. The Kier molecular flexibility index (Phi) is 5.78. The highest BCUT2D eigenvalue weighted by molar-refractivity contribution is 6.30. The van der Waals surface area contributed by atoms with Crippen LogP contribution in [-0.4, -0.2) is 22.6 Å². The number of hydrogen-bond acceptors (Lipinski definition) is 4. The van der Waals surface area contributed by atoms with Crippen LogP contribution in [0.15, 0.2) is 34.4 Å². The molecule has 1 amide bonds. The van der Waals surface area contributed by atoms with Crippen molar-refractivity contribution in [3.05, 3.63) is 52.1 Å². The minimum absolute atomic E-state index is 0.121. The van der Waals surface area contributed by atoms with Crippen molar-refractivity contribution in [2.45, 2.75) is 39.5 Å². The van der Waals surface area contributed by atoms with Gasteiger partial charge >= 0.3 is 0 Å². The lowest BCUT2D eigenvalue weighted by Gasteiger charge is -2.10. The summed E-state index contributed by atoms with van der Waals surface area (Å²) >= 11 is 5.85. The van der Waals surface area contributed by atoms with Crippen LogP contribution in [0.5, 0.6) is 0 Å². The van der Waals surface area contributed by atoms with Gasteiger partial charge in [-0.05, 0) is 30.7 Å². The number of rotatable bonds is 5. The first-order chi connectivity index (χ1) is 11.3. The highest BCUT2D eigenvalue weighted by atomic mass is 35.5. The Bertz CT molecular complexity index is 727. The number of benzene rings is 1. The molecule has 0 aliphatic heterocycles. The van der Waals surface area contributed by atoms with E-state index in [1.165, 1.54) is 0 Å². The average molecular weight is 348 g/mol. The van der Waals surface area contributed by atoms with Crippen LogP contribution in [0, 0.1) is 0 Å². The van der Waals surface area contributed by atoms with Crippen molar-refractivity contribution in [2.24, 2.45) is 0 Å². The van der Waals surface area contributed by atoms with Gasteiger partial charge in [0.1, 0.15) is 0 Å². The molecule has 5 nitrogen and oxygen atoms in total.